The summed E-state index contributed by atoms with van der Waals surface area (Å²) in [7, 11) is 1.38. The van der Waals surface area contributed by atoms with Crippen LogP contribution in [0.5, 0.6) is 5.75 Å². The molecule has 1 heterocycles. The maximum atomic E-state index is 13.8. The molecule has 17 heavy (non-hydrogen) atoms. The van der Waals surface area contributed by atoms with Crippen LogP contribution in [0, 0.1) is 17.1 Å². The molecule has 0 saturated carbocycles. The molecule has 4 heteroatoms. The normalized spacial score (nSPS) is 19.7. The fourth-order valence-electron chi connectivity index (χ4n) is 2.28. The van der Waals surface area contributed by atoms with Crippen LogP contribution in [-0.2, 0) is 0 Å². The lowest BCUT2D eigenvalue weighted by Gasteiger charge is -2.23. The first-order valence-corrected chi connectivity index (χ1v) is 5.74. The number of nitrogens with one attached hydrogen (secondary N) is 1. The first-order valence-electron chi connectivity index (χ1n) is 5.74. The number of piperidine rings is 1. The van der Waals surface area contributed by atoms with Gasteiger partial charge in [-0.2, -0.15) is 5.26 Å². The summed E-state index contributed by atoms with van der Waals surface area (Å²) in [5.41, 5.74) is 1.15. The highest BCUT2D eigenvalue weighted by molar-refractivity contribution is 5.47. The third-order valence-corrected chi connectivity index (χ3v) is 3.16. The van der Waals surface area contributed by atoms with Crippen molar-refractivity contribution >= 4 is 0 Å². The van der Waals surface area contributed by atoms with E-state index < -0.39 is 5.82 Å². The van der Waals surface area contributed by atoms with Crippen molar-refractivity contribution in [2.24, 2.45) is 0 Å². The van der Waals surface area contributed by atoms with Crippen molar-refractivity contribution in [3.63, 3.8) is 0 Å². The second kappa shape index (κ2) is 5.15. The molecule has 3 nitrogen and oxygen atoms in total. The second-order valence-electron chi connectivity index (χ2n) is 4.24. The molecule has 0 radical (unpaired) electrons. The zero-order valence-corrected chi connectivity index (χ0v) is 9.79. The van der Waals surface area contributed by atoms with Crippen LogP contribution in [0.4, 0.5) is 4.39 Å². The van der Waals surface area contributed by atoms with Gasteiger partial charge in [0, 0.05) is 6.54 Å². The van der Waals surface area contributed by atoms with Crippen LogP contribution in [0.25, 0.3) is 0 Å². The van der Waals surface area contributed by atoms with E-state index in [1.807, 2.05) is 6.07 Å². The minimum atomic E-state index is -0.452. The quantitative estimate of drug-likeness (QED) is 0.853. The minimum absolute atomic E-state index is 0.0417. The third kappa shape index (κ3) is 2.40. The molecule has 0 bridgehead atoms. The molecule has 1 fully saturated rings. The fourth-order valence-corrected chi connectivity index (χ4v) is 2.28. The number of nitrogens with zero attached hydrogens (tertiary/aromatic N) is 1. The Bertz CT molecular complexity index is 447. The molecular formula is C13H15FN2O. The number of nitriles is 1. The van der Waals surface area contributed by atoms with E-state index in [-0.39, 0.29) is 17.2 Å². The van der Waals surface area contributed by atoms with E-state index >= 15 is 0 Å². The lowest BCUT2D eigenvalue weighted by Crippen LogP contribution is -2.28. The van der Waals surface area contributed by atoms with Gasteiger partial charge >= 0.3 is 0 Å². The zero-order valence-electron chi connectivity index (χ0n) is 9.79. The largest absolute Gasteiger partial charge is 0.492 e. The summed E-state index contributed by atoms with van der Waals surface area (Å²) in [5, 5.41) is 12.3. The summed E-state index contributed by atoms with van der Waals surface area (Å²) in [6.45, 7) is 1.86. The van der Waals surface area contributed by atoms with Crippen molar-refractivity contribution in [3.05, 3.63) is 29.1 Å². The van der Waals surface area contributed by atoms with Crippen molar-refractivity contribution in [1.82, 2.24) is 5.32 Å². The third-order valence-electron chi connectivity index (χ3n) is 3.16. The van der Waals surface area contributed by atoms with Crippen LogP contribution >= 0.6 is 0 Å². The Morgan fingerprint density at radius 1 is 1.53 bits per heavy atom. The number of rotatable bonds is 2. The highest BCUT2D eigenvalue weighted by Gasteiger charge is 2.19. The summed E-state index contributed by atoms with van der Waals surface area (Å²) >= 11 is 0. The van der Waals surface area contributed by atoms with Gasteiger partial charge in [0.2, 0.25) is 0 Å². The Kier molecular flexibility index (Phi) is 3.60. The van der Waals surface area contributed by atoms with Crippen LogP contribution in [0.1, 0.15) is 29.9 Å². The van der Waals surface area contributed by atoms with Crippen LogP contribution in [0.15, 0.2) is 12.1 Å². The maximum Gasteiger partial charge on any atom is 0.172 e. The molecule has 2 rings (SSSR count). The van der Waals surface area contributed by atoms with Crippen LogP contribution in [-0.4, -0.2) is 20.2 Å². The van der Waals surface area contributed by atoms with E-state index in [0.717, 1.165) is 31.5 Å². The molecule has 1 N–H and O–H groups in total. The summed E-state index contributed by atoms with van der Waals surface area (Å²) < 4.78 is 18.7. The molecule has 1 unspecified atom stereocenters. The van der Waals surface area contributed by atoms with Gasteiger partial charge < -0.3 is 10.1 Å². The Balaban J connectivity index is 2.36. The molecule has 1 atom stereocenters. The van der Waals surface area contributed by atoms with Gasteiger partial charge in [0.25, 0.3) is 0 Å². The molecule has 0 aliphatic carbocycles. The Morgan fingerprint density at radius 3 is 2.94 bits per heavy atom. The highest BCUT2D eigenvalue weighted by Crippen LogP contribution is 2.30. The van der Waals surface area contributed by atoms with E-state index in [1.54, 1.807) is 6.07 Å². The van der Waals surface area contributed by atoms with Crippen LogP contribution < -0.4 is 10.1 Å². The van der Waals surface area contributed by atoms with Crippen molar-refractivity contribution in [1.29, 1.82) is 5.26 Å². The first kappa shape index (κ1) is 11.9. The smallest absolute Gasteiger partial charge is 0.172 e. The van der Waals surface area contributed by atoms with Gasteiger partial charge in [-0.05, 0) is 43.0 Å². The Morgan fingerprint density at radius 2 is 2.35 bits per heavy atom. The molecule has 90 valence electrons. The zero-order chi connectivity index (χ0) is 12.3. The molecule has 1 aromatic rings. The van der Waals surface area contributed by atoms with Crippen LogP contribution in [0.2, 0.25) is 0 Å². The topological polar surface area (TPSA) is 45.0 Å². The molecule has 0 spiro atoms. The van der Waals surface area contributed by atoms with Crippen molar-refractivity contribution in [2.45, 2.75) is 18.8 Å². The summed E-state index contributed by atoms with van der Waals surface area (Å²) in [5.74, 6) is -0.122. The van der Waals surface area contributed by atoms with Crippen molar-refractivity contribution in [3.8, 4) is 11.8 Å². The lowest BCUT2D eigenvalue weighted by atomic mass is 9.90. The summed E-state index contributed by atoms with van der Waals surface area (Å²) in [6.07, 6.45) is 2.11. The predicted octanol–water partition coefficient (Wildman–Crippen LogP) is 2.17. The Hall–Kier alpha value is -1.60. The van der Waals surface area contributed by atoms with Gasteiger partial charge in [0.15, 0.2) is 11.6 Å². The monoisotopic (exact) mass is 234 g/mol. The predicted molar refractivity (Wildman–Crippen MR) is 62.5 cm³/mol. The molecule has 1 aliphatic rings. The van der Waals surface area contributed by atoms with Gasteiger partial charge in [-0.1, -0.05) is 0 Å². The number of halogens is 1. The van der Waals surface area contributed by atoms with E-state index in [9.17, 15) is 4.39 Å². The second-order valence-corrected chi connectivity index (χ2v) is 4.24. The van der Waals surface area contributed by atoms with Crippen molar-refractivity contribution < 1.29 is 9.13 Å². The molecule has 1 saturated heterocycles. The maximum absolute atomic E-state index is 13.8. The van der Waals surface area contributed by atoms with E-state index in [2.05, 4.69) is 5.32 Å². The van der Waals surface area contributed by atoms with Crippen LogP contribution in [0.3, 0.4) is 0 Å². The molecule has 1 aromatic carbocycles. The molecule has 0 aromatic heterocycles. The Labute approximate surface area is 100 Å². The average molecular weight is 234 g/mol. The lowest BCUT2D eigenvalue weighted by molar-refractivity contribution is 0.383. The summed E-state index contributed by atoms with van der Waals surface area (Å²) in [6, 6.07) is 5.20. The standard InChI is InChI=1S/C13H15FN2O/c1-17-13-11(7-15)5-10(6-12(13)14)9-3-2-4-16-8-9/h5-6,9,16H,2-4,8H2,1H3. The molecule has 1 aliphatic heterocycles. The van der Waals surface area contributed by atoms with E-state index in [1.165, 1.54) is 13.2 Å². The SMILES string of the molecule is COc1c(F)cc(C2CCCNC2)cc1C#N. The number of hydrogen-bond donors (Lipinski definition) is 1. The van der Waals surface area contributed by atoms with Gasteiger partial charge in [-0.3, -0.25) is 0 Å². The van der Waals surface area contributed by atoms with E-state index in [4.69, 9.17) is 10.00 Å². The fraction of sp³-hybridized carbons (Fsp3) is 0.462. The number of hydrogen-bond acceptors (Lipinski definition) is 3. The number of methoxy groups -OCH3 is 1. The number of ether oxygens (including phenoxy) is 1. The minimum Gasteiger partial charge on any atom is -0.492 e. The molecule has 0 amide bonds. The average Bonchev–Trinajstić information content (AvgIpc) is 2.38. The molecular weight excluding hydrogens is 219 g/mol. The van der Waals surface area contributed by atoms with Gasteiger partial charge in [0.05, 0.1) is 12.7 Å². The summed E-state index contributed by atoms with van der Waals surface area (Å²) in [4.78, 5) is 0. The first-order chi connectivity index (χ1) is 8.26. The van der Waals surface area contributed by atoms with Gasteiger partial charge in [0.1, 0.15) is 6.07 Å². The van der Waals surface area contributed by atoms with Gasteiger partial charge in [-0.15, -0.1) is 0 Å². The van der Waals surface area contributed by atoms with Gasteiger partial charge in [-0.25, -0.2) is 4.39 Å². The number of benzene rings is 1. The highest BCUT2D eigenvalue weighted by atomic mass is 19.1. The van der Waals surface area contributed by atoms with E-state index in [0.29, 0.717) is 0 Å². The van der Waals surface area contributed by atoms with Crippen molar-refractivity contribution in [2.75, 3.05) is 20.2 Å².